The van der Waals surface area contributed by atoms with Gasteiger partial charge in [-0.05, 0) is 6.07 Å². The maximum absolute atomic E-state index is 6.02. The van der Waals surface area contributed by atoms with E-state index in [0.717, 1.165) is 0 Å². The van der Waals surface area contributed by atoms with Crippen LogP contribution < -0.4 is 5.73 Å². The molecule has 2 N–H and O–H groups in total. The predicted molar refractivity (Wildman–Crippen MR) is 73.1 cm³/mol. The number of anilines is 1. The number of hydrogen-bond acceptors (Lipinski definition) is 7. The molecule has 0 fully saturated rings. The van der Waals surface area contributed by atoms with Crippen LogP contribution in [0.2, 0.25) is 10.0 Å². The lowest BCUT2D eigenvalue weighted by atomic mass is 10.3. The number of rotatable bonds is 2. The van der Waals surface area contributed by atoms with Crippen LogP contribution in [0, 0.1) is 0 Å². The molecule has 3 aromatic heterocycles. The van der Waals surface area contributed by atoms with E-state index in [0.29, 0.717) is 26.6 Å². The van der Waals surface area contributed by atoms with Crippen LogP contribution in [0.5, 0.6) is 0 Å². The molecule has 0 aromatic carbocycles. The van der Waals surface area contributed by atoms with Crippen molar-refractivity contribution in [3.63, 3.8) is 0 Å². The predicted octanol–water partition coefficient (Wildman–Crippen LogP) is 3.14. The molecular weight excluding hydrogens is 309 g/mol. The fourth-order valence-electron chi connectivity index (χ4n) is 1.39. The van der Waals surface area contributed by atoms with Crippen LogP contribution in [0.1, 0.15) is 0 Å². The number of nitrogens with zero attached hydrogens (tertiary/aromatic N) is 4. The number of nitrogens with two attached hydrogens (primary N) is 1. The Hall–Kier alpha value is -1.70. The summed E-state index contributed by atoms with van der Waals surface area (Å²) in [5.74, 6) is 0.527. The highest BCUT2D eigenvalue weighted by Gasteiger charge is 2.16. The number of thiazole rings is 1. The summed E-state index contributed by atoms with van der Waals surface area (Å²) >= 11 is 13.1. The van der Waals surface area contributed by atoms with Crippen molar-refractivity contribution in [3.05, 3.63) is 27.7 Å². The van der Waals surface area contributed by atoms with Gasteiger partial charge in [-0.2, -0.15) is 4.98 Å². The Kier molecular flexibility index (Phi) is 3.09. The molecule has 0 spiro atoms. The first-order chi connectivity index (χ1) is 9.13. The number of aromatic nitrogens is 4. The van der Waals surface area contributed by atoms with E-state index in [-0.39, 0.29) is 11.7 Å². The Balaban J connectivity index is 2.01. The zero-order chi connectivity index (χ0) is 13.4. The Morgan fingerprint density at radius 3 is 2.79 bits per heavy atom. The summed E-state index contributed by atoms with van der Waals surface area (Å²) in [6, 6.07) is 1.56. The third-order valence-corrected chi connectivity index (χ3v) is 3.36. The van der Waals surface area contributed by atoms with Crippen LogP contribution in [0.3, 0.4) is 0 Å². The molecule has 6 nitrogen and oxygen atoms in total. The minimum Gasteiger partial charge on any atom is -0.375 e. The summed E-state index contributed by atoms with van der Waals surface area (Å²) in [5, 5.41) is 6.74. The average molecular weight is 314 g/mol. The summed E-state index contributed by atoms with van der Waals surface area (Å²) in [4.78, 5) is 12.3. The van der Waals surface area contributed by atoms with Crippen molar-refractivity contribution in [1.29, 1.82) is 0 Å². The number of pyridine rings is 1. The number of nitrogen functional groups attached to an aromatic ring is 1. The molecule has 0 aliphatic rings. The van der Waals surface area contributed by atoms with Crippen molar-refractivity contribution in [2.24, 2.45) is 0 Å². The van der Waals surface area contributed by atoms with Gasteiger partial charge in [0.25, 0.3) is 5.89 Å². The molecule has 0 radical (unpaired) electrons. The van der Waals surface area contributed by atoms with Gasteiger partial charge in [0.05, 0.1) is 10.0 Å². The van der Waals surface area contributed by atoms with Gasteiger partial charge in [-0.1, -0.05) is 28.4 Å². The lowest BCUT2D eigenvalue weighted by Crippen LogP contribution is -1.87. The van der Waals surface area contributed by atoms with Gasteiger partial charge in [0.1, 0.15) is 11.4 Å². The minimum atomic E-state index is 0.260. The Bertz CT molecular complexity index is 741. The van der Waals surface area contributed by atoms with Gasteiger partial charge in [0, 0.05) is 11.6 Å². The maximum Gasteiger partial charge on any atom is 0.277 e. The van der Waals surface area contributed by atoms with E-state index < -0.39 is 0 Å². The van der Waals surface area contributed by atoms with Crippen LogP contribution in [-0.4, -0.2) is 20.1 Å². The van der Waals surface area contributed by atoms with Crippen molar-refractivity contribution in [3.8, 4) is 23.1 Å². The highest BCUT2D eigenvalue weighted by Crippen LogP contribution is 2.28. The van der Waals surface area contributed by atoms with Gasteiger partial charge < -0.3 is 10.3 Å². The molecule has 3 rings (SSSR count). The van der Waals surface area contributed by atoms with Gasteiger partial charge in [-0.15, -0.1) is 11.3 Å². The second-order valence-corrected chi connectivity index (χ2v) is 5.21. The molecule has 0 amide bonds. The van der Waals surface area contributed by atoms with Crippen molar-refractivity contribution >= 4 is 39.7 Å². The SMILES string of the molecule is Nc1nc(-c2nc(-c3ncc(Cl)cc3Cl)no2)cs1. The molecule has 0 aliphatic carbocycles. The lowest BCUT2D eigenvalue weighted by Gasteiger charge is -1.97. The Morgan fingerprint density at radius 1 is 1.26 bits per heavy atom. The topological polar surface area (TPSA) is 90.7 Å². The number of halogens is 2. The lowest BCUT2D eigenvalue weighted by molar-refractivity contribution is 0.431. The summed E-state index contributed by atoms with van der Waals surface area (Å²) in [7, 11) is 0. The summed E-state index contributed by atoms with van der Waals surface area (Å²) in [5.41, 5.74) is 6.46. The van der Waals surface area contributed by atoms with E-state index in [2.05, 4.69) is 20.1 Å². The first-order valence-corrected chi connectivity index (χ1v) is 6.63. The summed E-state index contributed by atoms with van der Waals surface area (Å²) in [6.45, 7) is 0. The van der Waals surface area contributed by atoms with Crippen molar-refractivity contribution in [2.75, 3.05) is 5.73 Å². The monoisotopic (exact) mass is 313 g/mol. The van der Waals surface area contributed by atoms with Gasteiger partial charge >= 0.3 is 0 Å². The van der Waals surface area contributed by atoms with Crippen LogP contribution in [0.15, 0.2) is 22.2 Å². The molecule has 0 bridgehead atoms. The van der Waals surface area contributed by atoms with Crippen molar-refractivity contribution < 1.29 is 4.52 Å². The second kappa shape index (κ2) is 4.76. The van der Waals surface area contributed by atoms with E-state index in [1.807, 2.05) is 0 Å². The van der Waals surface area contributed by atoms with Crippen LogP contribution in [0.4, 0.5) is 5.13 Å². The summed E-state index contributed by atoms with van der Waals surface area (Å²) in [6.07, 6.45) is 1.46. The van der Waals surface area contributed by atoms with Crippen LogP contribution >= 0.6 is 34.5 Å². The smallest absolute Gasteiger partial charge is 0.277 e. The van der Waals surface area contributed by atoms with Crippen LogP contribution in [-0.2, 0) is 0 Å². The van der Waals surface area contributed by atoms with Crippen molar-refractivity contribution in [1.82, 2.24) is 20.1 Å². The van der Waals surface area contributed by atoms with E-state index >= 15 is 0 Å². The zero-order valence-corrected chi connectivity index (χ0v) is 11.5. The molecule has 96 valence electrons. The highest BCUT2D eigenvalue weighted by molar-refractivity contribution is 7.13. The quantitative estimate of drug-likeness (QED) is 0.781. The van der Waals surface area contributed by atoms with Gasteiger partial charge in [-0.25, -0.2) is 9.97 Å². The Labute approximate surface area is 121 Å². The van der Waals surface area contributed by atoms with E-state index in [1.165, 1.54) is 17.5 Å². The zero-order valence-electron chi connectivity index (χ0n) is 9.17. The molecule has 0 saturated heterocycles. The average Bonchev–Trinajstić information content (AvgIpc) is 2.97. The normalized spacial score (nSPS) is 10.8. The van der Waals surface area contributed by atoms with E-state index in [9.17, 15) is 0 Å². The van der Waals surface area contributed by atoms with Gasteiger partial charge in [-0.3, -0.25) is 0 Å². The van der Waals surface area contributed by atoms with Gasteiger partial charge in [0.15, 0.2) is 5.13 Å². The molecule has 19 heavy (non-hydrogen) atoms. The van der Waals surface area contributed by atoms with E-state index in [1.54, 1.807) is 11.4 Å². The third-order valence-electron chi connectivity index (χ3n) is 2.19. The second-order valence-electron chi connectivity index (χ2n) is 3.48. The largest absolute Gasteiger partial charge is 0.375 e. The third kappa shape index (κ3) is 2.40. The molecule has 0 unspecified atom stereocenters. The van der Waals surface area contributed by atoms with Crippen LogP contribution in [0.25, 0.3) is 23.1 Å². The Morgan fingerprint density at radius 2 is 2.11 bits per heavy atom. The highest BCUT2D eigenvalue weighted by atomic mass is 35.5. The molecule has 3 aromatic rings. The fraction of sp³-hybridized carbons (Fsp3) is 0. The molecule has 0 saturated carbocycles. The molecule has 9 heteroatoms. The minimum absolute atomic E-state index is 0.260. The molecular formula is C10H5Cl2N5OS. The first kappa shape index (κ1) is 12.3. The number of hydrogen-bond donors (Lipinski definition) is 1. The maximum atomic E-state index is 6.02. The van der Waals surface area contributed by atoms with E-state index in [4.69, 9.17) is 33.5 Å². The standard InChI is InChI=1S/C10H5Cl2N5OS/c11-4-1-5(12)7(14-2-4)8-16-9(18-17-8)6-3-19-10(13)15-6/h1-3H,(H2,13,15). The molecule has 3 heterocycles. The fourth-order valence-corrected chi connectivity index (χ4v) is 2.39. The van der Waals surface area contributed by atoms with Gasteiger partial charge in [0.2, 0.25) is 5.82 Å². The molecule has 0 aliphatic heterocycles. The summed E-state index contributed by atoms with van der Waals surface area (Å²) < 4.78 is 5.10. The molecule has 0 atom stereocenters. The first-order valence-electron chi connectivity index (χ1n) is 5.00. The van der Waals surface area contributed by atoms with Crippen molar-refractivity contribution in [2.45, 2.75) is 0 Å².